The lowest BCUT2D eigenvalue weighted by Gasteiger charge is -2.35. The Morgan fingerprint density at radius 2 is 2.05 bits per heavy atom. The minimum Gasteiger partial charge on any atom is -0.481 e. The molecule has 0 radical (unpaired) electrons. The van der Waals surface area contributed by atoms with Gasteiger partial charge < -0.3 is 10.0 Å². The Bertz CT molecular complexity index is 543. The lowest BCUT2D eigenvalue weighted by atomic mass is 9.97. The number of likely N-dealkylation sites (tertiary alicyclic amines) is 1. The first-order chi connectivity index (χ1) is 10.6. The molecule has 1 aromatic rings. The molecule has 1 aliphatic heterocycles. The van der Waals surface area contributed by atoms with Crippen LogP contribution in [0.2, 0.25) is 0 Å². The Morgan fingerprint density at radius 3 is 2.82 bits per heavy atom. The number of amides is 1. The number of rotatable bonds is 4. The van der Waals surface area contributed by atoms with Crippen molar-refractivity contribution in [1.29, 1.82) is 0 Å². The molecule has 5 heteroatoms. The maximum absolute atomic E-state index is 12.9. The summed E-state index contributed by atoms with van der Waals surface area (Å²) in [6.45, 7) is 0.770. The maximum atomic E-state index is 12.9. The summed E-state index contributed by atoms with van der Waals surface area (Å²) in [6, 6.07) is 2.18. The molecule has 22 heavy (non-hydrogen) atoms. The number of piperidine rings is 1. The number of carboxylic acids is 1. The molecule has 1 atom stereocenters. The molecule has 0 saturated carbocycles. The van der Waals surface area contributed by atoms with Crippen LogP contribution in [0.5, 0.6) is 0 Å². The smallest absolute Gasteiger partial charge is 0.303 e. The number of hydrogen-bond acceptors (Lipinski definition) is 3. The van der Waals surface area contributed by atoms with E-state index in [4.69, 9.17) is 5.11 Å². The fourth-order valence-corrected chi connectivity index (χ4v) is 4.81. The summed E-state index contributed by atoms with van der Waals surface area (Å²) in [7, 11) is 0. The standard InChI is InChI=1S/C17H23NO3S/c19-16(20)9-8-13-6-3-4-10-18(13)17(21)15-11-12-5-1-2-7-14(12)22-15/h11,13H,1-10H2,(H,19,20). The van der Waals surface area contributed by atoms with Crippen molar-refractivity contribution in [2.45, 2.75) is 63.8 Å². The SMILES string of the molecule is O=C(O)CCC1CCCCN1C(=O)c1cc2c(s1)CCCC2. The Balaban J connectivity index is 1.73. The third kappa shape index (κ3) is 3.35. The van der Waals surface area contributed by atoms with E-state index < -0.39 is 5.97 Å². The number of aryl methyl sites for hydroxylation is 2. The minimum atomic E-state index is -0.774. The molecular formula is C17H23NO3S. The second-order valence-corrected chi connectivity index (χ2v) is 7.48. The molecule has 1 aromatic heterocycles. The van der Waals surface area contributed by atoms with Gasteiger partial charge in [0.2, 0.25) is 0 Å². The molecule has 2 aliphatic rings. The second-order valence-electron chi connectivity index (χ2n) is 6.35. The Kier molecular flexibility index (Phi) is 4.81. The average molecular weight is 321 g/mol. The van der Waals surface area contributed by atoms with E-state index in [0.717, 1.165) is 43.5 Å². The van der Waals surface area contributed by atoms with Crippen LogP contribution in [0.25, 0.3) is 0 Å². The van der Waals surface area contributed by atoms with Gasteiger partial charge in [-0.3, -0.25) is 9.59 Å². The molecule has 1 unspecified atom stereocenters. The molecule has 1 fully saturated rings. The van der Waals surface area contributed by atoms with E-state index in [1.807, 2.05) is 4.90 Å². The molecule has 120 valence electrons. The molecule has 0 spiro atoms. The van der Waals surface area contributed by atoms with Crippen LogP contribution in [-0.4, -0.2) is 34.5 Å². The van der Waals surface area contributed by atoms with Gasteiger partial charge in [-0.2, -0.15) is 0 Å². The van der Waals surface area contributed by atoms with E-state index in [9.17, 15) is 9.59 Å². The highest BCUT2D eigenvalue weighted by Crippen LogP contribution is 2.32. The normalized spacial score (nSPS) is 21.5. The van der Waals surface area contributed by atoms with E-state index in [-0.39, 0.29) is 18.4 Å². The first-order valence-electron chi connectivity index (χ1n) is 8.29. The van der Waals surface area contributed by atoms with E-state index in [2.05, 4.69) is 6.07 Å². The zero-order valence-corrected chi connectivity index (χ0v) is 13.7. The minimum absolute atomic E-state index is 0.0940. The van der Waals surface area contributed by atoms with E-state index in [1.165, 1.54) is 23.3 Å². The number of carbonyl (C=O) groups excluding carboxylic acids is 1. The Morgan fingerprint density at radius 1 is 1.23 bits per heavy atom. The lowest BCUT2D eigenvalue weighted by Crippen LogP contribution is -2.43. The van der Waals surface area contributed by atoms with Gasteiger partial charge >= 0.3 is 5.97 Å². The zero-order valence-electron chi connectivity index (χ0n) is 12.8. The van der Waals surface area contributed by atoms with Gasteiger partial charge in [-0.1, -0.05) is 0 Å². The van der Waals surface area contributed by atoms with E-state index >= 15 is 0 Å². The lowest BCUT2D eigenvalue weighted by molar-refractivity contribution is -0.137. The van der Waals surface area contributed by atoms with Crippen LogP contribution in [0.15, 0.2) is 6.07 Å². The number of nitrogens with zero attached hydrogens (tertiary/aromatic N) is 1. The molecule has 2 heterocycles. The summed E-state index contributed by atoms with van der Waals surface area (Å²) in [5.74, 6) is -0.654. The summed E-state index contributed by atoms with van der Waals surface area (Å²) < 4.78 is 0. The quantitative estimate of drug-likeness (QED) is 0.923. The van der Waals surface area contributed by atoms with Crippen LogP contribution in [0.4, 0.5) is 0 Å². The molecule has 1 saturated heterocycles. The molecule has 4 nitrogen and oxygen atoms in total. The molecule has 1 aliphatic carbocycles. The van der Waals surface area contributed by atoms with Crippen molar-refractivity contribution in [3.8, 4) is 0 Å². The average Bonchev–Trinajstić information content (AvgIpc) is 2.96. The predicted octanol–water partition coefficient (Wildman–Crippen LogP) is 3.49. The van der Waals surface area contributed by atoms with Crippen molar-refractivity contribution in [2.24, 2.45) is 0 Å². The molecule has 0 bridgehead atoms. The van der Waals surface area contributed by atoms with Crippen molar-refractivity contribution in [2.75, 3.05) is 6.54 Å². The predicted molar refractivity (Wildman–Crippen MR) is 86.5 cm³/mol. The van der Waals surface area contributed by atoms with Crippen molar-refractivity contribution in [3.05, 3.63) is 21.4 Å². The number of aliphatic carboxylic acids is 1. The van der Waals surface area contributed by atoms with Gasteiger partial charge in [0.15, 0.2) is 0 Å². The van der Waals surface area contributed by atoms with Crippen LogP contribution < -0.4 is 0 Å². The monoisotopic (exact) mass is 321 g/mol. The van der Waals surface area contributed by atoms with Gasteiger partial charge in [0.25, 0.3) is 5.91 Å². The summed E-state index contributed by atoms with van der Waals surface area (Å²) in [5.41, 5.74) is 1.36. The third-order valence-electron chi connectivity index (χ3n) is 4.79. The topological polar surface area (TPSA) is 57.6 Å². The summed E-state index contributed by atoms with van der Waals surface area (Å²) in [4.78, 5) is 27.9. The Hall–Kier alpha value is -1.36. The molecular weight excluding hydrogens is 298 g/mol. The van der Waals surface area contributed by atoms with Crippen molar-refractivity contribution in [1.82, 2.24) is 4.90 Å². The van der Waals surface area contributed by atoms with E-state index in [1.54, 1.807) is 11.3 Å². The van der Waals surface area contributed by atoms with Gasteiger partial charge in [-0.05, 0) is 63.0 Å². The van der Waals surface area contributed by atoms with Gasteiger partial charge in [-0.25, -0.2) is 0 Å². The van der Waals surface area contributed by atoms with Crippen molar-refractivity contribution >= 4 is 23.2 Å². The first kappa shape index (κ1) is 15.5. The molecule has 1 amide bonds. The van der Waals surface area contributed by atoms with Crippen molar-refractivity contribution < 1.29 is 14.7 Å². The highest BCUT2D eigenvalue weighted by molar-refractivity contribution is 7.14. The highest BCUT2D eigenvalue weighted by Gasteiger charge is 2.29. The second kappa shape index (κ2) is 6.82. The van der Waals surface area contributed by atoms with Crippen molar-refractivity contribution in [3.63, 3.8) is 0 Å². The molecule has 1 N–H and O–H groups in total. The summed E-state index contributed by atoms with van der Waals surface area (Å²) in [5, 5.41) is 8.90. The number of fused-ring (bicyclic) bond motifs is 1. The molecule has 0 aromatic carbocycles. The van der Waals surface area contributed by atoms with Gasteiger partial charge in [-0.15, -0.1) is 11.3 Å². The maximum Gasteiger partial charge on any atom is 0.303 e. The number of carboxylic acid groups (broad SMARTS) is 1. The van der Waals surface area contributed by atoms with Crippen LogP contribution in [0, 0.1) is 0 Å². The number of carbonyl (C=O) groups is 2. The third-order valence-corrected chi connectivity index (χ3v) is 6.01. The van der Waals surface area contributed by atoms with Crippen LogP contribution in [0.3, 0.4) is 0 Å². The fraction of sp³-hybridized carbons (Fsp3) is 0.647. The van der Waals surface area contributed by atoms with Crippen LogP contribution >= 0.6 is 11.3 Å². The Labute approximate surface area is 135 Å². The highest BCUT2D eigenvalue weighted by atomic mass is 32.1. The van der Waals surface area contributed by atoms with Crippen LogP contribution in [0.1, 0.15) is 65.1 Å². The molecule has 3 rings (SSSR count). The van der Waals surface area contributed by atoms with E-state index in [0.29, 0.717) is 6.42 Å². The summed E-state index contributed by atoms with van der Waals surface area (Å²) in [6.07, 6.45) is 8.44. The fourth-order valence-electron chi connectivity index (χ4n) is 3.60. The summed E-state index contributed by atoms with van der Waals surface area (Å²) >= 11 is 1.66. The first-order valence-corrected chi connectivity index (χ1v) is 9.11. The van der Waals surface area contributed by atoms with Gasteiger partial charge in [0.05, 0.1) is 4.88 Å². The van der Waals surface area contributed by atoms with Gasteiger partial charge in [0, 0.05) is 23.9 Å². The largest absolute Gasteiger partial charge is 0.481 e. The zero-order chi connectivity index (χ0) is 15.5. The van der Waals surface area contributed by atoms with Gasteiger partial charge in [0.1, 0.15) is 0 Å². The van der Waals surface area contributed by atoms with Crippen LogP contribution in [-0.2, 0) is 17.6 Å². The number of hydrogen-bond donors (Lipinski definition) is 1. The number of thiophene rings is 1.